The van der Waals surface area contributed by atoms with E-state index in [4.69, 9.17) is 5.73 Å². The molecule has 0 aromatic rings. The molecular formula is C14H31N3O. The third kappa shape index (κ3) is 9.42. The van der Waals surface area contributed by atoms with Gasteiger partial charge in [0.05, 0.1) is 0 Å². The second-order valence-corrected chi connectivity index (χ2v) is 5.63. The summed E-state index contributed by atoms with van der Waals surface area (Å²) in [6.07, 6.45) is 3.61. The van der Waals surface area contributed by atoms with Crippen molar-refractivity contribution >= 4 is 5.91 Å². The van der Waals surface area contributed by atoms with Gasteiger partial charge in [0, 0.05) is 13.0 Å². The highest BCUT2D eigenvalue weighted by molar-refractivity contribution is 5.75. The molecule has 0 heterocycles. The lowest BCUT2D eigenvalue weighted by Gasteiger charge is -2.19. The molecule has 0 bridgehead atoms. The summed E-state index contributed by atoms with van der Waals surface area (Å²) in [5, 5.41) is 2.98. The van der Waals surface area contributed by atoms with Crippen LogP contribution in [0.15, 0.2) is 0 Å². The van der Waals surface area contributed by atoms with Gasteiger partial charge in [-0.1, -0.05) is 13.8 Å². The minimum atomic E-state index is 0.177. The van der Waals surface area contributed by atoms with Gasteiger partial charge in [-0.2, -0.15) is 0 Å². The molecule has 1 amide bonds. The number of amides is 1. The lowest BCUT2D eigenvalue weighted by Crippen LogP contribution is -2.28. The average molecular weight is 257 g/mol. The monoisotopic (exact) mass is 257 g/mol. The minimum Gasteiger partial charge on any atom is -0.356 e. The first kappa shape index (κ1) is 17.4. The van der Waals surface area contributed by atoms with Crippen LogP contribution in [0, 0.1) is 11.8 Å². The minimum absolute atomic E-state index is 0.177. The standard InChI is InChI=1S/C14H31N3O/c1-12(2)13(8-9-15)6-7-14(18)16-10-5-11-17(3)4/h12-13H,5-11,15H2,1-4H3,(H,16,18). The first-order chi connectivity index (χ1) is 8.47. The zero-order chi connectivity index (χ0) is 14.0. The van der Waals surface area contributed by atoms with E-state index in [0.29, 0.717) is 24.8 Å². The summed E-state index contributed by atoms with van der Waals surface area (Å²) in [6, 6.07) is 0. The van der Waals surface area contributed by atoms with Crippen molar-refractivity contribution in [2.24, 2.45) is 17.6 Å². The highest BCUT2D eigenvalue weighted by Gasteiger charge is 2.14. The smallest absolute Gasteiger partial charge is 0.220 e. The molecule has 0 fully saturated rings. The molecule has 0 rings (SSSR count). The maximum absolute atomic E-state index is 11.7. The van der Waals surface area contributed by atoms with Crippen LogP contribution in [0.4, 0.5) is 0 Å². The van der Waals surface area contributed by atoms with Crippen LogP contribution in [0.25, 0.3) is 0 Å². The van der Waals surface area contributed by atoms with Gasteiger partial charge in [-0.3, -0.25) is 4.79 Å². The second-order valence-electron chi connectivity index (χ2n) is 5.63. The first-order valence-corrected chi connectivity index (χ1v) is 7.08. The molecule has 4 nitrogen and oxygen atoms in total. The fourth-order valence-electron chi connectivity index (χ4n) is 2.05. The predicted octanol–water partition coefficient (Wildman–Crippen LogP) is 1.46. The van der Waals surface area contributed by atoms with Crippen molar-refractivity contribution in [2.45, 2.75) is 39.5 Å². The molecule has 0 saturated carbocycles. The van der Waals surface area contributed by atoms with Crippen LogP contribution in [-0.2, 0) is 4.79 Å². The molecule has 108 valence electrons. The largest absolute Gasteiger partial charge is 0.356 e. The number of nitrogens with zero attached hydrogens (tertiary/aromatic N) is 1. The third-order valence-electron chi connectivity index (χ3n) is 3.33. The number of hydrogen-bond donors (Lipinski definition) is 2. The summed E-state index contributed by atoms with van der Waals surface area (Å²) in [7, 11) is 4.09. The summed E-state index contributed by atoms with van der Waals surface area (Å²) in [5.41, 5.74) is 5.59. The number of rotatable bonds is 10. The SMILES string of the molecule is CC(C)C(CCN)CCC(=O)NCCCN(C)C. The second kappa shape index (κ2) is 10.3. The van der Waals surface area contributed by atoms with Crippen LogP contribution in [0.2, 0.25) is 0 Å². The van der Waals surface area contributed by atoms with Crippen molar-refractivity contribution in [3.05, 3.63) is 0 Å². The van der Waals surface area contributed by atoms with E-state index in [2.05, 4.69) is 24.1 Å². The lowest BCUT2D eigenvalue weighted by molar-refractivity contribution is -0.121. The average Bonchev–Trinajstić information content (AvgIpc) is 2.29. The normalized spacial score (nSPS) is 13.1. The molecule has 0 radical (unpaired) electrons. The molecule has 0 aromatic carbocycles. The van der Waals surface area contributed by atoms with Gasteiger partial charge in [0.15, 0.2) is 0 Å². The fraction of sp³-hybridized carbons (Fsp3) is 0.929. The van der Waals surface area contributed by atoms with E-state index in [1.54, 1.807) is 0 Å². The van der Waals surface area contributed by atoms with E-state index in [-0.39, 0.29) is 5.91 Å². The number of carbonyl (C=O) groups is 1. The van der Waals surface area contributed by atoms with Crippen LogP contribution < -0.4 is 11.1 Å². The van der Waals surface area contributed by atoms with Crippen molar-refractivity contribution < 1.29 is 4.79 Å². The summed E-state index contributed by atoms with van der Waals surface area (Å²) in [4.78, 5) is 13.8. The highest BCUT2D eigenvalue weighted by atomic mass is 16.1. The van der Waals surface area contributed by atoms with E-state index in [9.17, 15) is 4.79 Å². The van der Waals surface area contributed by atoms with Gasteiger partial charge in [0.25, 0.3) is 0 Å². The molecule has 4 heteroatoms. The quantitative estimate of drug-likeness (QED) is 0.583. The molecule has 0 spiro atoms. The van der Waals surface area contributed by atoms with E-state index < -0.39 is 0 Å². The van der Waals surface area contributed by atoms with Crippen molar-refractivity contribution in [3.63, 3.8) is 0 Å². The van der Waals surface area contributed by atoms with E-state index in [0.717, 1.165) is 32.4 Å². The summed E-state index contributed by atoms with van der Waals surface area (Å²) in [6.45, 7) is 6.92. The Morgan fingerprint density at radius 3 is 2.44 bits per heavy atom. The van der Waals surface area contributed by atoms with Crippen molar-refractivity contribution in [1.29, 1.82) is 0 Å². The molecule has 1 unspecified atom stereocenters. The Morgan fingerprint density at radius 1 is 1.28 bits per heavy atom. The topological polar surface area (TPSA) is 58.4 Å². The Hall–Kier alpha value is -0.610. The van der Waals surface area contributed by atoms with Crippen LogP contribution in [0.3, 0.4) is 0 Å². The Balaban J connectivity index is 3.67. The van der Waals surface area contributed by atoms with Crippen molar-refractivity contribution in [2.75, 3.05) is 33.7 Å². The van der Waals surface area contributed by atoms with Crippen LogP contribution in [0.1, 0.15) is 39.5 Å². The van der Waals surface area contributed by atoms with Crippen LogP contribution in [0.5, 0.6) is 0 Å². The van der Waals surface area contributed by atoms with E-state index >= 15 is 0 Å². The Bertz CT molecular complexity index is 217. The predicted molar refractivity (Wildman–Crippen MR) is 77.4 cm³/mol. The molecular weight excluding hydrogens is 226 g/mol. The number of hydrogen-bond acceptors (Lipinski definition) is 3. The molecule has 0 aliphatic carbocycles. The lowest BCUT2D eigenvalue weighted by atomic mass is 9.88. The van der Waals surface area contributed by atoms with Gasteiger partial charge in [0.1, 0.15) is 0 Å². The molecule has 0 aliphatic heterocycles. The van der Waals surface area contributed by atoms with Gasteiger partial charge >= 0.3 is 0 Å². The molecule has 0 aliphatic rings. The highest BCUT2D eigenvalue weighted by Crippen LogP contribution is 2.20. The van der Waals surface area contributed by atoms with Crippen molar-refractivity contribution in [1.82, 2.24) is 10.2 Å². The van der Waals surface area contributed by atoms with Crippen molar-refractivity contribution in [3.8, 4) is 0 Å². The number of carbonyl (C=O) groups excluding carboxylic acids is 1. The molecule has 0 aromatic heterocycles. The Kier molecular flexibility index (Phi) is 9.98. The summed E-state index contributed by atoms with van der Waals surface area (Å²) >= 11 is 0. The van der Waals surface area contributed by atoms with Gasteiger partial charge in [0.2, 0.25) is 5.91 Å². The summed E-state index contributed by atoms with van der Waals surface area (Å²) in [5.74, 6) is 1.36. The summed E-state index contributed by atoms with van der Waals surface area (Å²) < 4.78 is 0. The van der Waals surface area contributed by atoms with Crippen LogP contribution >= 0.6 is 0 Å². The van der Waals surface area contributed by atoms with Gasteiger partial charge < -0.3 is 16.0 Å². The van der Waals surface area contributed by atoms with E-state index in [1.165, 1.54) is 0 Å². The molecule has 18 heavy (non-hydrogen) atoms. The zero-order valence-electron chi connectivity index (χ0n) is 12.5. The Labute approximate surface area is 112 Å². The van der Waals surface area contributed by atoms with Gasteiger partial charge in [-0.15, -0.1) is 0 Å². The fourth-order valence-corrected chi connectivity index (χ4v) is 2.05. The maximum atomic E-state index is 11.7. The van der Waals surface area contributed by atoms with Gasteiger partial charge in [-0.25, -0.2) is 0 Å². The third-order valence-corrected chi connectivity index (χ3v) is 3.33. The number of nitrogens with two attached hydrogens (primary N) is 1. The molecule has 0 saturated heterocycles. The van der Waals surface area contributed by atoms with Gasteiger partial charge in [-0.05, 0) is 58.3 Å². The molecule has 1 atom stereocenters. The van der Waals surface area contributed by atoms with E-state index in [1.807, 2.05) is 14.1 Å². The zero-order valence-corrected chi connectivity index (χ0v) is 12.5. The van der Waals surface area contributed by atoms with Crippen LogP contribution in [-0.4, -0.2) is 44.5 Å². The number of nitrogens with one attached hydrogen (secondary N) is 1. The Morgan fingerprint density at radius 2 is 1.94 bits per heavy atom. The first-order valence-electron chi connectivity index (χ1n) is 7.08. The maximum Gasteiger partial charge on any atom is 0.220 e. The molecule has 3 N–H and O–H groups in total.